The number of hydrogen-bond donors (Lipinski definition) is 1. The van der Waals surface area contributed by atoms with Crippen LogP contribution in [-0.2, 0) is 11.0 Å². The summed E-state index contributed by atoms with van der Waals surface area (Å²) in [7, 11) is 0. The molecular weight excluding hydrogens is 309 g/mol. The van der Waals surface area contributed by atoms with Crippen LogP contribution >= 0.6 is 0 Å². The van der Waals surface area contributed by atoms with Gasteiger partial charge in [-0.25, -0.2) is 0 Å². The maximum Gasteiger partial charge on any atom is 0.416 e. The van der Waals surface area contributed by atoms with E-state index < -0.39 is 35.8 Å². The van der Waals surface area contributed by atoms with Crippen LogP contribution in [0.15, 0.2) is 54.6 Å². The number of carboxylic acid groups (broad SMARTS) is 1. The lowest BCUT2D eigenvalue weighted by Crippen LogP contribution is -2.17. The van der Waals surface area contributed by atoms with E-state index in [1.54, 1.807) is 30.3 Å². The Hall–Kier alpha value is -2.63. The lowest BCUT2D eigenvalue weighted by atomic mass is 9.87. The van der Waals surface area contributed by atoms with E-state index in [1.807, 2.05) is 0 Å². The molecule has 0 aliphatic heterocycles. The molecule has 2 aromatic rings. The molecule has 0 saturated carbocycles. The molecule has 0 spiro atoms. The topological polar surface area (TPSA) is 54.4 Å². The largest absolute Gasteiger partial charge is 0.481 e. The molecule has 1 atom stereocenters. The Kier molecular flexibility index (Phi) is 4.83. The van der Waals surface area contributed by atoms with Crippen molar-refractivity contribution in [2.24, 2.45) is 0 Å². The highest BCUT2D eigenvalue weighted by atomic mass is 19.4. The smallest absolute Gasteiger partial charge is 0.416 e. The highest BCUT2D eigenvalue weighted by Crippen LogP contribution is 2.31. The van der Waals surface area contributed by atoms with Gasteiger partial charge in [0.15, 0.2) is 5.78 Å². The highest BCUT2D eigenvalue weighted by molar-refractivity contribution is 6.02. The van der Waals surface area contributed by atoms with E-state index in [0.717, 1.165) is 24.3 Å². The maximum atomic E-state index is 12.6. The highest BCUT2D eigenvalue weighted by Gasteiger charge is 2.31. The quantitative estimate of drug-likeness (QED) is 0.842. The van der Waals surface area contributed by atoms with Crippen molar-refractivity contribution in [1.82, 2.24) is 0 Å². The van der Waals surface area contributed by atoms with E-state index in [1.165, 1.54) is 0 Å². The minimum absolute atomic E-state index is 0.245. The Labute approximate surface area is 130 Å². The van der Waals surface area contributed by atoms with E-state index in [0.29, 0.717) is 5.56 Å². The molecule has 6 heteroatoms. The Balaban J connectivity index is 2.35. The lowest BCUT2D eigenvalue weighted by molar-refractivity contribution is -0.138. The number of hydrogen-bond acceptors (Lipinski definition) is 2. The number of alkyl halides is 3. The predicted molar refractivity (Wildman–Crippen MR) is 77.2 cm³/mol. The second kappa shape index (κ2) is 6.64. The van der Waals surface area contributed by atoms with E-state index >= 15 is 0 Å². The molecule has 23 heavy (non-hydrogen) atoms. The van der Waals surface area contributed by atoms with E-state index in [4.69, 9.17) is 5.11 Å². The molecule has 3 nitrogen and oxygen atoms in total. The van der Waals surface area contributed by atoms with Gasteiger partial charge in [-0.2, -0.15) is 13.2 Å². The molecule has 0 saturated heterocycles. The first-order valence-corrected chi connectivity index (χ1v) is 6.77. The summed E-state index contributed by atoms with van der Waals surface area (Å²) in [6.07, 6.45) is -4.97. The van der Waals surface area contributed by atoms with Crippen LogP contribution in [0.3, 0.4) is 0 Å². The minimum Gasteiger partial charge on any atom is -0.481 e. The van der Waals surface area contributed by atoms with E-state index in [-0.39, 0.29) is 5.56 Å². The first-order chi connectivity index (χ1) is 10.8. The van der Waals surface area contributed by atoms with Crippen molar-refractivity contribution in [3.8, 4) is 0 Å². The van der Waals surface area contributed by atoms with Gasteiger partial charge in [-0.3, -0.25) is 9.59 Å². The average molecular weight is 322 g/mol. The molecular formula is C17H13F3O3. The number of aliphatic carboxylic acids is 1. The van der Waals surface area contributed by atoms with Crippen LogP contribution in [0.2, 0.25) is 0 Å². The molecule has 2 aromatic carbocycles. The second-order valence-electron chi connectivity index (χ2n) is 5.00. The van der Waals surface area contributed by atoms with Crippen LogP contribution in [0.1, 0.15) is 33.8 Å². The minimum atomic E-state index is -4.48. The van der Waals surface area contributed by atoms with Gasteiger partial charge < -0.3 is 5.11 Å². The molecule has 0 fully saturated rings. The third-order valence-electron chi connectivity index (χ3n) is 3.39. The number of ketones is 1. The second-order valence-corrected chi connectivity index (χ2v) is 5.00. The fourth-order valence-corrected chi connectivity index (χ4v) is 2.24. The Bertz CT molecular complexity index is 691. The molecule has 0 radical (unpaired) electrons. The summed E-state index contributed by atoms with van der Waals surface area (Å²) in [5, 5.41) is 8.99. The summed E-state index contributed by atoms with van der Waals surface area (Å²) in [6, 6.07) is 12.1. The van der Waals surface area contributed by atoms with Gasteiger partial charge in [0, 0.05) is 5.56 Å². The van der Waals surface area contributed by atoms with Crippen molar-refractivity contribution in [2.45, 2.75) is 18.5 Å². The van der Waals surface area contributed by atoms with Gasteiger partial charge in [0.2, 0.25) is 0 Å². The molecule has 0 amide bonds. The summed E-state index contributed by atoms with van der Waals surface area (Å²) in [5.41, 5.74) is -0.282. The number of benzene rings is 2. The number of Topliss-reactive ketones (excluding diaryl/α,β-unsaturated/α-hetero) is 1. The van der Waals surface area contributed by atoms with E-state index in [9.17, 15) is 22.8 Å². The summed E-state index contributed by atoms with van der Waals surface area (Å²) < 4.78 is 37.8. The van der Waals surface area contributed by atoms with Crippen LogP contribution in [0, 0.1) is 0 Å². The average Bonchev–Trinajstić information content (AvgIpc) is 2.52. The Morgan fingerprint density at radius 2 is 1.52 bits per heavy atom. The first kappa shape index (κ1) is 16.7. The molecule has 0 aliphatic carbocycles. The zero-order valence-corrected chi connectivity index (χ0v) is 11.9. The van der Waals surface area contributed by atoms with Gasteiger partial charge in [0.05, 0.1) is 17.9 Å². The molecule has 2 rings (SSSR count). The molecule has 0 bridgehead atoms. The van der Waals surface area contributed by atoms with Crippen molar-refractivity contribution >= 4 is 11.8 Å². The van der Waals surface area contributed by atoms with E-state index in [2.05, 4.69) is 0 Å². The monoisotopic (exact) mass is 322 g/mol. The molecule has 0 aliphatic rings. The van der Waals surface area contributed by atoms with Gasteiger partial charge in [-0.1, -0.05) is 42.5 Å². The standard InChI is InChI=1S/C17H13F3O3/c18-17(19,20)13-8-6-11(7-9-13)14(10-15(21)22)16(23)12-4-2-1-3-5-12/h1-9,14H,10H2,(H,21,22). The van der Waals surface area contributed by atoms with Crippen LogP contribution in [0.25, 0.3) is 0 Å². The maximum absolute atomic E-state index is 12.6. The molecule has 1 N–H and O–H groups in total. The SMILES string of the molecule is O=C(O)CC(C(=O)c1ccccc1)c1ccc(C(F)(F)F)cc1. The first-order valence-electron chi connectivity index (χ1n) is 6.77. The van der Waals surface area contributed by atoms with Crippen LogP contribution in [0.4, 0.5) is 13.2 Å². The van der Waals surface area contributed by atoms with Gasteiger partial charge in [-0.15, -0.1) is 0 Å². The molecule has 120 valence electrons. The van der Waals surface area contributed by atoms with Gasteiger partial charge in [0.1, 0.15) is 0 Å². The van der Waals surface area contributed by atoms with Crippen LogP contribution < -0.4 is 0 Å². The van der Waals surface area contributed by atoms with Crippen molar-refractivity contribution in [2.75, 3.05) is 0 Å². The van der Waals surface area contributed by atoms with Crippen molar-refractivity contribution < 1.29 is 27.9 Å². The summed E-state index contributed by atoms with van der Waals surface area (Å²) in [6.45, 7) is 0. The van der Waals surface area contributed by atoms with Crippen molar-refractivity contribution in [1.29, 1.82) is 0 Å². The summed E-state index contributed by atoms with van der Waals surface area (Å²) >= 11 is 0. The van der Waals surface area contributed by atoms with Crippen molar-refractivity contribution in [3.05, 3.63) is 71.3 Å². The normalized spacial score (nSPS) is 12.7. The fraction of sp³-hybridized carbons (Fsp3) is 0.176. The van der Waals surface area contributed by atoms with Crippen LogP contribution in [0.5, 0.6) is 0 Å². The Morgan fingerprint density at radius 3 is 2.00 bits per heavy atom. The third-order valence-corrected chi connectivity index (χ3v) is 3.39. The Morgan fingerprint density at radius 1 is 0.957 bits per heavy atom. The predicted octanol–water partition coefficient (Wildman–Crippen LogP) is 4.15. The lowest BCUT2D eigenvalue weighted by Gasteiger charge is -2.15. The third kappa shape index (κ3) is 4.18. The van der Waals surface area contributed by atoms with Gasteiger partial charge in [-0.05, 0) is 17.7 Å². The van der Waals surface area contributed by atoms with Gasteiger partial charge in [0.25, 0.3) is 0 Å². The summed E-state index contributed by atoms with van der Waals surface area (Å²) in [4.78, 5) is 23.5. The molecule has 1 unspecified atom stereocenters. The number of carboxylic acids is 1. The fourth-order valence-electron chi connectivity index (χ4n) is 2.24. The summed E-state index contributed by atoms with van der Waals surface area (Å²) in [5.74, 6) is -2.66. The molecule has 0 heterocycles. The van der Waals surface area contributed by atoms with Crippen LogP contribution in [-0.4, -0.2) is 16.9 Å². The number of rotatable bonds is 5. The molecule has 0 aromatic heterocycles. The number of carbonyl (C=O) groups excluding carboxylic acids is 1. The van der Waals surface area contributed by atoms with Crippen molar-refractivity contribution in [3.63, 3.8) is 0 Å². The number of halogens is 3. The zero-order chi connectivity index (χ0) is 17.0. The zero-order valence-electron chi connectivity index (χ0n) is 11.9. The van der Waals surface area contributed by atoms with Gasteiger partial charge >= 0.3 is 12.1 Å². The number of carbonyl (C=O) groups is 2.